The van der Waals surface area contributed by atoms with Crippen molar-refractivity contribution < 1.29 is 8.81 Å². The summed E-state index contributed by atoms with van der Waals surface area (Å²) in [5, 5.41) is 0.973. The van der Waals surface area contributed by atoms with E-state index < -0.39 is 6.04 Å². The van der Waals surface area contributed by atoms with Crippen molar-refractivity contribution in [3.05, 3.63) is 69.6 Å². The summed E-state index contributed by atoms with van der Waals surface area (Å²) in [6, 6.07) is 12.3. The SMILES string of the molecule is Cc1ccc2oc(C(NN)c3cccc(Br)c3F)cc2c1. The van der Waals surface area contributed by atoms with E-state index in [1.54, 1.807) is 18.2 Å². The zero-order valence-electron chi connectivity index (χ0n) is 11.4. The third kappa shape index (κ3) is 2.60. The molecule has 0 aliphatic rings. The van der Waals surface area contributed by atoms with E-state index in [0.717, 1.165) is 16.5 Å². The molecule has 0 saturated carbocycles. The molecule has 0 saturated heterocycles. The van der Waals surface area contributed by atoms with E-state index in [0.29, 0.717) is 15.8 Å². The number of nitrogens with one attached hydrogen (secondary N) is 1. The number of hydrogen-bond acceptors (Lipinski definition) is 3. The van der Waals surface area contributed by atoms with Gasteiger partial charge in [0.2, 0.25) is 0 Å². The molecule has 0 radical (unpaired) electrons. The maximum absolute atomic E-state index is 14.3. The second-order valence-corrected chi connectivity index (χ2v) is 5.79. The highest BCUT2D eigenvalue weighted by Gasteiger charge is 2.21. The van der Waals surface area contributed by atoms with Crippen LogP contribution in [-0.2, 0) is 0 Å². The van der Waals surface area contributed by atoms with E-state index >= 15 is 0 Å². The molecule has 0 amide bonds. The molecular weight excluding hydrogens is 335 g/mol. The van der Waals surface area contributed by atoms with Gasteiger partial charge in [0, 0.05) is 10.9 Å². The molecule has 3 aromatic rings. The molecule has 0 aliphatic heterocycles. The molecule has 2 aromatic carbocycles. The van der Waals surface area contributed by atoms with Crippen LogP contribution in [-0.4, -0.2) is 0 Å². The first-order valence-electron chi connectivity index (χ1n) is 6.50. The Morgan fingerprint density at radius 3 is 2.81 bits per heavy atom. The lowest BCUT2D eigenvalue weighted by Gasteiger charge is -2.15. The van der Waals surface area contributed by atoms with Gasteiger partial charge in [0.25, 0.3) is 0 Å². The van der Waals surface area contributed by atoms with Crippen LogP contribution in [0.4, 0.5) is 4.39 Å². The van der Waals surface area contributed by atoms with Gasteiger partial charge in [-0.2, -0.15) is 0 Å². The molecule has 3 rings (SSSR count). The number of rotatable bonds is 3. The van der Waals surface area contributed by atoms with E-state index in [9.17, 15) is 4.39 Å². The van der Waals surface area contributed by atoms with Crippen LogP contribution in [0.25, 0.3) is 11.0 Å². The van der Waals surface area contributed by atoms with Crippen LogP contribution < -0.4 is 11.3 Å². The fourth-order valence-corrected chi connectivity index (χ4v) is 2.78. The zero-order chi connectivity index (χ0) is 15.0. The Morgan fingerprint density at radius 1 is 1.24 bits per heavy atom. The predicted octanol–water partition coefficient (Wildman–Crippen LogP) is 4.20. The van der Waals surface area contributed by atoms with Crippen LogP contribution in [0, 0.1) is 12.7 Å². The van der Waals surface area contributed by atoms with Crippen molar-refractivity contribution >= 4 is 26.9 Å². The molecule has 3 nitrogen and oxygen atoms in total. The molecule has 21 heavy (non-hydrogen) atoms. The first-order chi connectivity index (χ1) is 10.1. The first-order valence-corrected chi connectivity index (χ1v) is 7.29. The fourth-order valence-electron chi connectivity index (χ4n) is 2.39. The molecular formula is C16H14BrFN2O. The molecule has 0 aliphatic carbocycles. The van der Waals surface area contributed by atoms with Gasteiger partial charge in [-0.15, -0.1) is 0 Å². The van der Waals surface area contributed by atoms with E-state index in [2.05, 4.69) is 21.4 Å². The monoisotopic (exact) mass is 348 g/mol. The highest BCUT2D eigenvalue weighted by atomic mass is 79.9. The maximum atomic E-state index is 14.3. The number of hydrazine groups is 1. The Bertz CT molecular complexity index is 800. The van der Waals surface area contributed by atoms with Crippen molar-refractivity contribution in [3.63, 3.8) is 0 Å². The second-order valence-electron chi connectivity index (χ2n) is 4.93. The summed E-state index contributed by atoms with van der Waals surface area (Å²) in [7, 11) is 0. The van der Waals surface area contributed by atoms with Crippen LogP contribution in [0.1, 0.15) is 22.9 Å². The van der Waals surface area contributed by atoms with Crippen LogP contribution in [0.5, 0.6) is 0 Å². The lowest BCUT2D eigenvalue weighted by Crippen LogP contribution is -2.29. The summed E-state index contributed by atoms with van der Waals surface area (Å²) in [6.07, 6.45) is 0. The minimum Gasteiger partial charge on any atom is -0.459 e. The Kier molecular flexibility index (Phi) is 3.80. The molecule has 3 N–H and O–H groups in total. The van der Waals surface area contributed by atoms with Gasteiger partial charge in [-0.25, -0.2) is 9.82 Å². The summed E-state index contributed by atoms with van der Waals surface area (Å²) < 4.78 is 20.5. The molecule has 1 unspecified atom stereocenters. The van der Waals surface area contributed by atoms with Crippen molar-refractivity contribution in [2.24, 2.45) is 5.84 Å². The minimum absolute atomic E-state index is 0.350. The summed E-state index contributed by atoms with van der Waals surface area (Å²) in [5.74, 6) is 5.84. The van der Waals surface area contributed by atoms with Crippen molar-refractivity contribution in [1.82, 2.24) is 5.43 Å². The van der Waals surface area contributed by atoms with E-state index in [-0.39, 0.29) is 5.82 Å². The number of aryl methyl sites for hydroxylation is 1. The van der Waals surface area contributed by atoms with Gasteiger partial charge in [-0.05, 0) is 47.1 Å². The van der Waals surface area contributed by atoms with Crippen molar-refractivity contribution in [1.29, 1.82) is 0 Å². The first kappa shape index (κ1) is 14.3. The van der Waals surface area contributed by atoms with E-state index in [1.807, 2.05) is 31.2 Å². The molecule has 0 spiro atoms. The topological polar surface area (TPSA) is 51.2 Å². The Balaban J connectivity index is 2.11. The van der Waals surface area contributed by atoms with Crippen LogP contribution >= 0.6 is 15.9 Å². The van der Waals surface area contributed by atoms with Gasteiger partial charge < -0.3 is 4.42 Å². The fraction of sp³-hybridized carbons (Fsp3) is 0.125. The summed E-state index contributed by atoms with van der Waals surface area (Å²) >= 11 is 3.19. The van der Waals surface area contributed by atoms with Crippen LogP contribution in [0.3, 0.4) is 0 Å². The average Bonchev–Trinajstić information content (AvgIpc) is 2.87. The largest absolute Gasteiger partial charge is 0.459 e. The van der Waals surface area contributed by atoms with Gasteiger partial charge in [0.05, 0.1) is 4.47 Å². The summed E-state index contributed by atoms with van der Waals surface area (Å²) in [5.41, 5.74) is 4.95. The molecule has 1 heterocycles. The quantitative estimate of drug-likeness (QED) is 0.551. The lowest BCUT2D eigenvalue weighted by atomic mass is 10.0. The van der Waals surface area contributed by atoms with Crippen LogP contribution in [0.2, 0.25) is 0 Å². The van der Waals surface area contributed by atoms with Crippen LogP contribution in [0.15, 0.2) is 51.4 Å². The smallest absolute Gasteiger partial charge is 0.142 e. The standard InChI is InChI=1S/C16H14BrFN2O/c1-9-5-6-13-10(7-9)8-14(21-13)16(20-19)11-3-2-4-12(17)15(11)18/h2-8,16,20H,19H2,1H3. The highest BCUT2D eigenvalue weighted by Crippen LogP contribution is 2.31. The van der Waals surface area contributed by atoms with Gasteiger partial charge in [-0.3, -0.25) is 5.84 Å². The molecule has 5 heteroatoms. The number of nitrogens with two attached hydrogens (primary N) is 1. The Morgan fingerprint density at radius 2 is 2.05 bits per heavy atom. The van der Waals surface area contributed by atoms with Gasteiger partial charge in [-0.1, -0.05) is 23.8 Å². The number of fused-ring (bicyclic) bond motifs is 1. The minimum atomic E-state index is -0.546. The molecule has 0 bridgehead atoms. The predicted molar refractivity (Wildman–Crippen MR) is 84.2 cm³/mol. The van der Waals surface area contributed by atoms with Gasteiger partial charge in [0.1, 0.15) is 23.2 Å². The van der Waals surface area contributed by atoms with Crippen molar-refractivity contribution in [2.45, 2.75) is 13.0 Å². The number of benzene rings is 2. The zero-order valence-corrected chi connectivity index (χ0v) is 12.9. The Hall–Kier alpha value is -1.69. The number of hydrogen-bond donors (Lipinski definition) is 2. The number of halogens is 2. The lowest BCUT2D eigenvalue weighted by molar-refractivity contribution is 0.462. The second kappa shape index (κ2) is 5.60. The third-order valence-corrected chi connectivity index (χ3v) is 4.05. The average molecular weight is 349 g/mol. The molecule has 1 aromatic heterocycles. The van der Waals surface area contributed by atoms with E-state index in [1.165, 1.54) is 0 Å². The highest BCUT2D eigenvalue weighted by molar-refractivity contribution is 9.10. The molecule has 0 fully saturated rings. The number of furan rings is 1. The van der Waals surface area contributed by atoms with E-state index in [4.69, 9.17) is 10.3 Å². The summed E-state index contributed by atoms with van der Waals surface area (Å²) in [6.45, 7) is 2.01. The third-order valence-electron chi connectivity index (χ3n) is 3.43. The molecule has 108 valence electrons. The maximum Gasteiger partial charge on any atom is 0.142 e. The van der Waals surface area contributed by atoms with Crippen molar-refractivity contribution in [2.75, 3.05) is 0 Å². The van der Waals surface area contributed by atoms with Crippen molar-refractivity contribution in [3.8, 4) is 0 Å². The normalized spacial score (nSPS) is 12.8. The van der Waals surface area contributed by atoms with Gasteiger partial charge >= 0.3 is 0 Å². The van der Waals surface area contributed by atoms with Gasteiger partial charge in [0.15, 0.2) is 0 Å². The summed E-state index contributed by atoms with van der Waals surface area (Å²) in [4.78, 5) is 0. The Labute approximate surface area is 130 Å². The molecule has 1 atom stereocenters.